The average molecular weight is 289 g/mol. The van der Waals surface area contributed by atoms with Crippen LogP contribution in [0.4, 0.5) is 4.39 Å². The first-order chi connectivity index (χ1) is 10.1. The summed E-state index contributed by atoms with van der Waals surface area (Å²) in [4.78, 5) is 4.23. The lowest BCUT2D eigenvalue weighted by Gasteiger charge is -2.32. The van der Waals surface area contributed by atoms with Crippen molar-refractivity contribution in [1.29, 1.82) is 0 Å². The Bertz CT molecular complexity index is 638. The van der Waals surface area contributed by atoms with Crippen molar-refractivity contribution in [2.75, 3.05) is 7.05 Å². The van der Waals surface area contributed by atoms with Crippen molar-refractivity contribution >= 4 is 0 Å². The number of nitrogens with one attached hydrogen (secondary N) is 1. The zero-order valence-electron chi connectivity index (χ0n) is 12.5. The molecule has 1 N–H and O–H groups in total. The van der Waals surface area contributed by atoms with Crippen molar-refractivity contribution < 1.29 is 9.13 Å². The molecule has 21 heavy (non-hydrogen) atoms. The molecule has 2 unspecified atom stereocenters. The summed E-state index contributed by atoms with van der Waals surface area (Å²) >= 11 is 0. The first kappa shape index (κ1) is 14.1. The van der Waals surface area contributed by atoms with E-state index in [2.05, 4.69) is 28.7 Å². The third-order valence-electron chi connectivity index (χ3n) is 4.00. The van der Waals surface area contributed by atoms with Gasteiger partial charge in [-0.1, -0.05) is 6.07 Å². The van der Waals surface area contributed by atoms with E-state index in [0.717, 1.165) is 17.7 Å². The third-order valence-corrected chi connectivity index (χ3v) is 4.00. The van der Waals surface area contributed by atoms with E-state index in [9.17, 15) is 4.39 Å². The summed E-state index contributed by atoms with van der Waals surface area (Å²) in [6, 6.07) is 5.19. The summed E-state index contributed by atoms with van der Waals surface area (Å²) in [5.41, 5.74) is 2.03. The molecule has 2 heterocycles. The van der Waals surface area contributed by atoms with Crippen LogP contribution in [0, 0.1) is 5.82 Å². The highest BCUT2D eigenvalue weighted by Crippen LogP contribution is 2.41. The zero-order chi connectivity index (χ0) is 15.0. The molecule has 1 aromatic heterocycles. The van der Waals surface area contributed by atoms with Crippen LogP contribution in [0.15, 0.2) is 30.7 Å². The number of aromatic nitrogens is 2. The summed E-state index contributed by atoms with van der Waals surface area (Å²) in [5.74, 6) is 0.337. The van der Waals surface area contributed by atoms with Gasteiger partial charge >= 0.3 is 0 Å². The van der Waals surface area contributed by atoms with Crippen molar-refractivity contribution in [1.82, 2.24) is 14.9 Å². The second-order valence-electron chi connectivity index (χ2n) is 5.69. The van der Waals surface area contributed by atoms with Crippen molar-refractivity contribution in [3.63, 3.8) is 0 Å². The number of ether oxygens (including phenoxy) is 1. The highest BCUT2D eigenvalue weighted by atomic mass is 19.1. The SMILES string of the molecule is CNC1CC(c2cncn2C(C)C)Oc2cc(F)ccc21. The molecule has 1 aliphatic heterocycles. The highest BCUT2D eigenvalue weighted by molar-refractivity contribution is 5.39. The minimum atomic E-state index is -0.276. The summed E-state index contributed by atoms with van der Waals surface area (Å²) in [6.07, 6.45) is 4.33. The normalized spacial score (nSPS) is 21.2. The first-order valence-electron chi connectivity index (χ1n) is 7.25. The first-order valence-corrected chi connectivity index (χ1v) is 7.25. The van der Waals surface area contributed by atoms with Gasteiger partial charge in [-0.05, 0) is 27.0 Å². The Balaban J connectivity index is 1.98. The second kappa shape index (κ2) is 5.48. The van der Waals surface area contributed by atoms with Crippen molar-refractivity contribution in [2.45, 2.75) is 38.5 Å². The molecule has 0 aliphatic carbocycles. The number of halogens is 1. The fraction of sp³-hybridized carbons (Fsp3) is 0.438. The predicted molar refractivity (Wildman–Crippen MR) is 78.8 cm³/mol. The molecular weight excluding hydrogens is 269 g/mol. The maximum absolute atomic E-state index is 13.5. The fourth-order valence-corrected chi connectivity index (χ4v) is 2.89. The molecule has 0 radical (unpaired) electrons. The van der Waals surface area contributed by atoms with Crippen LogP contribution in [0.5, 0.6) is 5.75 Å². The number of benzene rings is 1. The monoisotopic (exact) mass is 289 g/mol. The molecule has 5 heteroatoms. The van der Waals surface area contributed by atoms with E-state index in [1.165, 1.54) is 12.1 Å². The van der Waals surface area contributed by atoms with E-state index in [1.807, 2.05) is 19.6 Å². The van der Waals surface area contributed by atoms with E-state index in [4.69, 9.17) is 4.74 Å². The van der Waals surface area contributed by atoms with Gasteiger partial charge in [0.1, 0.15) is 17.7 Å². The molecule has 1 aromatic carbocycles. The van der Waals surface area contributed by atoms with Crippen LogP contribution in [-0.4, -0.2) is 16.6 Å². The molecule has 3 rings (SSSR count). The molecule has 4 nitrogen and oxygen atoms in total. The number of rotatable bonds is 3. The van der Waals surface area contributed by atoms with Gasteiger partial charge in [0.15, 0.2) is 0 Å². The molecule has 0 bridgehead atoms. The van der Waals surface area contributed by atoms with Gasteiger partial charge < -0.3 is 14.6 Å². The summed E-state index contributed by atoms with van der Waals surface area (Å²) < 4.78 is 21.6. The molecule has 112 valence electrons. The van der Waals surface area contributed by atoms with Gasteiger partial charge in [0.2, 0.25) is 0 Å². The second-order valence-corrected chi connectivity index (χ2v) is 5.69. The highest BCUT2D eigenvalue weighted by Gasteiger charge is 2.30. The minimum Gasteiger partial charge on any atom is -0.484 e. The zero-order valence-corrected chi connectivity index (χ0v) is 12.5. The molecule has 0 amide bonds. The van der Waals surface area contributed by atoms with Crippen LogP contribution in [0.2, 0.25) is 0 Å². The molecule has 0 saturated carbocycles. The largest absolute Gasteiger partial charge is 0.484 e. The smallest absolute Gasteiger partial charge is 0.142 e. The van der Waals surface area contributed by atoms with Crippen molar-refractivity contribution in [2.24, 2.45) is 0 Å². The van der Waals surface area contributed by atoms with Crippen LogP contribution in [0.25, 0.3) is 0 Å². The van der Waals surface area contributed by atoms with Gasteiger partial charge in [-0.25, -0.2) is 9.37 Å². The summed E-state index contributed by atoms with van der Waals surface area (Å²) in [7, 11) is 1.92. The summed E-state index contributed by atoms with van der Waals surface area (Å²) in [5, 5.41) is 3.29. The Morgan fingerprint density at radius 1 is 1.43 bits per heavy atom. The summed E-state index contributed by atoms with van der Waals surface area (Å²) in [6.45, 7) is 4.22. The van der Waals surface area contributed by atoms with Crippen LogP contribution in [0.1, 0.15) is 49.7 Å². The quantitative estimate of drug-likeness (QED) is 0.941. The number of imidazole rings is 1. The van der Waals surface area contributed by atoms with Gasteiger partial charge in [0, 0.05) is 30.1 Å². The number of fused-ring (bicyclic) bond motifs is 1. The molecule has 2 aromatic rings. The maximum Gasteiger partial charge on any atom is 0.142 e. The van der Waals surface area contributed by atoms with Crippen LogP contribution in [0.3, 0.4) is 0 Å². The molecule has 2 atom stereocenters. The fourth-order valence-electron chi connectivity index (χ4n) is 2.89. The lowest BCUT2D eigenvalue weighted by molar-refractivity contribution is 0.144. The number of nitrogens with zero attached hydrogens (tertiary/aromatic N) is 2. The van der Waals surface area contributed by atoms with Crippen LogP contribution in [-0.2, 0) is 0 Å². The lowest BCUT2D eigenvalue weighted by atomic mass is 9.95. The molecule has 0 spiro atoms. The van der Waals surface area contributed by atoms with E-state index in [-0.39, 0.29) is 18.0 Å². The van der Waals surface area contributed by atoms with Crippen LogP contribution < -0.4 is 10.1 Å². The minimum absolute atomic E-state index is 0.123. The predicted octanol–water partition coefficient (Wildman–Crippen LogP) is 3.39. The van der Waals surface area contributed by atoms with Gasteiger partial charge in [0.25, 0.3) is 0 Å². The van der Waals surface area contributed by atoms with Gasteiger partial charge in [-0.3, -0.25) is 0 Å². The van der Waals surface area contributed by atoms with Gasteiger partial charge in [-0.2, -0.15) is 0 Å². The average Bonchev–Trinajstić information content (AvgIpc) is 2.95. The third kappa shape index (κ3) is 2.53. The van der Waals surface area contributed by atoms with E-state index < -0.39 is 0 Å². The number of hydrogen-bond donors (Lipinski definition) is 1. The number of hydrogen-bond acceptors (Lipinski definition) is 3. The van der Waals surface area contributed by atoms with Gasteiger partial charge in [-0.15, -0.1) is 0 Å². The van der Waals surface area contributed by atoms with Crippen molar-refractivity contribution in [3.8, 4) is 5.75 Å². The molecule has 1 aliphatic rings. The molecular formula is C16H20FN3O. The Hall–Kier alpha value is -1.88. The molecule has 0 saturated heterocycles. The lowest BCUT2D eigenvalue weighted by Crippen LogP contribution is -2.28. The van der Waals surface area contributed by atoms with Gasteiger partial charge in [0.05, 0.1) is 18.2 Å². The Morgan fingerprint density at radius 3 is 2.95 bits per heavy atom. The standard InChI is InChI=1S/C16H20FN3O/c1-10(2)20-9-19-8-14(20)16-7-13(18-3)12-5-4-11(17)6-15(12)21-16/h4-6,8-10,13,16,18H,7H2,1-3H3. The van der Waals surface area contributed by atoms with Crippen LogP contribution >= 0.6 is 0 Å². The van der Waals surface area contributed by atoms with E-state index in [0.29, 0.717) is 11.8 Å². The van der Waals surface area contributed by atoms with E-state index >= 15 is 0 Å². The van der Waals surface area contributed by atoms with Crippen molar-refractivity contribution in [3.05, 3.63) is 47.8 Å². The maximum atomic E-state index is 13.5. The molecule has 0 fully saturated rings. The topological polar surface area (TPSA) is 39.1 Å². The van der Waals surface area contributed by atoms with E-state index in [1.54, 1.807) is 6.07 Å². The Morgan fingerprint density at radius 2 is 2.24 bits per heavy atom. The Labute approximate surface area is 124 Å². The Kier molecular flexibility index (Phi) is 3.68.